The van der Waals surface area contributed by atoms with Crippen LogP contribution in [0.1, 0.15) is 57.8 Å². The van der Waals surface area contributed by atoms with E-state index in [-0.39, 0.29) is 0 Å². The summed E-state index contributed by atoms with van der Waals surface area (Å²) in [6.45, 7) is 5.36. The van der Waals surface area contributed by atoms with E-state index in [4.69, 9.17) is 0 Å². The SMILES string of the molecule is CNCCCCCCN1CCC2CCCCC2C1. The van der Waals surface area contributed by atoms with Crippen LogP contribution in [0.2, 0.25) is 0 Å². The Morgan fingerprint density at radius 3 is 2.56 bits per heavy atom. The van der Waals surface area contributed by atoms with Crippen LogP contribution in [0.25, 0.3) is 0 Å². The van der Waals surface area contributed by atoms with Gasteiger partial charge in [-0.1, -0.05) is 32.1 Å². The van der Waals surface area contributed by atoms with Crippen molar-refractivity contribution in [2.45, 2.75) is 57.8 Å². The molecule has 0 bridgehead atoms. The summed E-state index contributed by atoms with van der Waals surface area (Å²) in [6.07, 6.45) is 13.1. The molecule has 1 heterocycles. The first-order valence-electron chi connectivity index (χ1n) is 8.27. The van der Waals surface area contributed by atoms with Gasteiger partial charge in [0, 0.05) is 6.54 Å². The molecule has 18 heavy (non-hydrogen) atoms. The van der Waals surface area contributed by atoms with Crippen molar-refractivity contribution in [3.63, 3.8) is 0 Å². The first-order valence-corrected chi connectivity index (χ1v) is 8.27. The molecule has 2 atom stereocenters. The molecule has 0 aromatic rings. The fraction of sp³-hybridized carbons (Fsp3) is 1.00. The second kappa shape index (κ2) is 8.16. The normalized spacial score (nSPS) is 29.2. The van der Waals surface area contributed by atoms with Crippen LogP contribution in [0.4, 0.5) is 0 Å². The quantitative estimate of drug-likeness (QED) is 0.700. The second-order valence-electron chi connectivity index (χ2n) is 6.41. The van der Waals surface area contributed by atoms with E-state index in [0.29, 0.717) is 0 Å². The maximum absolute atomic E-state index is 3.23. The monoisotopic (exact) mass is 252 g/mol. The van der Waals surface area contributed by atoms with Gasteiger partial charge in [0.1, 0.15) is 0 Å². The molecule has 1 aliphatic heterocycles. The third-order valence-corrected chi connectivity index (χ3v) is 5.03. The number of hydrogen-bond acceptors (Lipinski definition) is 2. The van der Waals surface area contributed by atoms with E-state index in [0.717, 1.165) is 11.8 Å². The summed E-state index contributed by atoms with van der Waals surface area (Å²) in [5.41, 5.74) is 0. The van der Waals surface area contributed by atoms with Crippen molar-refractivity contribution in [1.82, 2.24) is 10.2 Å². The van der Waals surface area contributed by atoms with Gasteiger partial charge in [-0.3, -0.25) is 0 Å². The van der Waals surface area contributed by atoms with E-state index < -0.39 is 0 Å². The van der Waals surface area contributed by atoms with Gasteiger partial charge >= 0.3 is 0 Å². The van der Waals surface area contributed by atoms with Crippen LogP contribution in [0.5, 0.6) is 0 Å². The van der Waals surface area contributed by atoms with E-state index in [2.05, 4.69) is 10.2 Å². The maximum Gasteiger partial charge on any atom is 0.00123 e. The van der Waals surface area contributed by atoms with E-state index in [1.165, 1.54) is 84.0 Å². The average Bonchev–Trinajstić information content (AvgIpc) is 2.42. The van der Waals surface area contributed by atoms with E-state index >= 15 is 0 Å². The van der Waals surface area contributed by atoms with Gasteiger partial charge in [0.15, 0.2) is 0 Å². The number of likely N-dealkylation sites (tertiary alicyclic amines) is 1. The molecule has 106 valence electrons. The molecule has 2 heteroatoms. The van der Waals surface area contributed by atoms with Crippen molar-refractivity contribution < 1.29 is 0 Å². The van der Waals surface area contributed by atoms with Gasteiger partial charge in [-0.25, -0.2) is 0 Å². The highest BCUT2D eigenvalue weighted by Crippen LogP contribution is 2.35. The molecule has 2 fully saturated rings. The van der Waals surface area contributed by atoms with Gasteiger partial charge in [-0.05, 0) is 64.2 Å². The van der Waals surface area contributed by atoms with Crippen molar-refractivity contribution in [3.05, 3.63) is 0 Å². The Morgan fingerprint density at radius 1 is 0.944 bits per heavy atom. The highest BCUT2D eigenvalue weighted by molar-refractivity contribution is 4.83. The van der Waals surface area contributed by atoms with E-state index in [9.17, 15) is 0 Å². The molecule has 2 rings (SSSR count). The lowest BCUT2D eigenvalue weighted by atomic mass is 9.75. The fourth-order valence-electron chi connectivity index (χ4n) is 3.87. The van der Waals surface area contributed by atoms with Crippen molar-refractivity contribution in [1.29, 1.82) is 0 Å². The standard InChI is InChI=1S/C16H32N2/c1-17-11-6-2-3-7-12-18-13-10-15-8-4-5-9-16(15)14-18/h15-17H,2-14H2,1H3. The topological polar surface area (TPSA) is 15.3 Å². The number of rotatable bonds is 7. The molecular formula is C16H32N2. The summed E-state index contributed by atoms with van der Waals surface area (Å²) in [5.74, 6) is 2.14. The Hall–Kier alpha value is -0.0800. The van der Waals surface area contributed by atoms with Crippen LogP contribution >= 0.6 is 0 Å². The minimum atomic E-state index is 1.05. The number of fused-ring (bicyclic) bond motifs is 1. The molecule has 1 saturated carbocycles. The average molecular weight is 252 g/mol. The first kappa shape index (κ1) is 14.3. The van der Waals surface area contributed by atoms with Crippen LogP contribution in [0.15, 0.2) is 0 Å². The van der Waals surface area contributed by atoms with Crippen LogP contribution in [-0.2, 0) is 0 Å². The van der Waals surface area contributed by atoms with Crippen molar-refractivity contribution in [2.75, 3.05) is 33.2 Å². The van der Waals surface area contributed by atoms with Crippen molar-refractivity contribution in [3.8, 4) is 0 Å². The summed E-state index contributed by atoms with van der Waals surface area (Å²) < 4.78 is 0. The largest absolute Gasteiger partial charge is 0.320 e. The zero-order chi connectivity index (χ0) is 12.6. The molecule has 2 aliphatic rings. The van der Waals surface area contributed by atoms with Crippen molar-refractivity contribution in [2.24, 2.45) is 11.8 Å². The van der Waals surface area contributed by atoms with Gasteiger partial charge in [-0.15, -0.1) is 0 Å². The Bertz CT molecular complexity index is 217. The second-order valence-corrected chi connectivity index (χ2v) is 6.41. The van der Waals surface area contributed by atoms with E-state index in [1.807, 2.05) is 7.05 Å². The molecule has 0 amide bonds. The summed E-state index contributed by atoms with van der Waals surface area (Å²) in [7, 11) is 2.05. The molecule has 2 unspecified atom stereocenters. The van der Waals surface area contributed by atoms with Gasteiger partial charge in [-0.2, -0.15) is 0 Å². The Balaban J connectivity index is 1.54. The predicted octanol–water partition coefficient (Wildman–Crippen LogP) is 3.28. The highest BCUT2D eigenvalue weighted by Gasteiger charge is 2.30. The summed E-state index contributed by atoms with van der Waals surface area (Å²) in [5, 5.41) is 3.23. The lowest BCUT2D eigenvalue weighted by Gasteiger charge is -2.41. The van der Waals surface area contributed by atoms with Crippen LogP contribution in [0, 0.1) is 11.8 Å². The zero-order valence-electron chi connectivity index (χ0n) is 12.3. The lowest BCUT2D eigenvalue weighted by molar-refractivity contribution is 0.0856. The molecule has 0 aromatic heterocycles. The Kier molecular flexibility index (Phi) is 6.50. The summed E-state index contributed by atoms with van der Waals surface area (Å²) >= 11 is 0. The number of hydrogen-bond donors (Lipinski definition) is 1. The van der Waals surface area contributed by atoms with Crippen LogP contribution in [0.3, 0.4) is 0 Å². The van der Waals surface area contributed by atoms with Crippen LogP contribution in [-0.4, -0.2) is 38.1 Å². The summed E-state index contributed by atoms with van der Waals surface area (Å²) in [4.78, 5) is 2.75. The zero-order valence-corrected chi connectivity index (χ0v) is 12.3. The number of nitrogens with zero attached hydrogens (tertiary/aromatic N) is 1. The van der Waals surface area contributed by atoms with Crippen LogP contribution < -0.4 is 5.32 Å². The minimum Gasteiger partial charge on any atom is -0.320 e. The van der Waals surface area contributed by atoms with Crippen molar-refractivity contribution >= 4 is 0 Å². The lowest BCUT2D eigenvalue weighted by Crippen LogP contribution is -2.42. The first-order chi connectivity index (χ1) is 8.90. The predicted molar refractivity (Wildman–Crippen MR) is 78.9 cm³/mol. The molecule has 0 aromatic carbocycles. The van der Waals surface area contributed by atoms with Gasteiger partial charge < -0.3 is 10.2 Å². The smallest absolute Gasteiger partial charge is 0.00123 e. The number of nitrogens with one attached hydrogen (secondary N) is 1. The third-order valence-electron chi connectivity index (χ3n) is 5.03. The molecule has 1 aliphatic carbocycles. The fourth-order valence-corrected chi connectivity index (χ4v) is 3.87. The highest BCUT2D eigenvalue weighted by atomic mass is 15.1. The maximum atomic E-state index is 3.23. The third kappa shape index (κ3) is 4.55. The minimum absolute atomic E-state index is 1.05. The molecule has 1 N–H and O–H groups in total. The van der Waals surface area contributed by atoms with E-state index in [1.54, 1.807) is 0 Å². The van der Waals surface area contributed by atoms with Gasteiger partial charge in [0.25, 0.3) is 0 Å². The summed E-state index contributed by atoms with van der Waals surface area (Å²) in [6, 6.07) is 0. The molecule has 1 saturated heterocycles. The number of unbranched alkanes of at least 4 members (excludes halogenated alkanes) is 3. The molecular weight excluding hydrogens is 220 g/mol. The molecule has 0 spiro atoms. The van der Waals surface area contributed by atoms with Gasteiger partial charge in [0.2, 0.25) is 0 Å². The molecule has 0 radical (unpaired) electrons. The Labute approximate surface area is 114 Å². The van der Waals surface area contributed by atoms with Gasteiger partial charge in [0.05, 0.1) is 0 Å². The number of piperidine rings is 1. The molecule has 2 nitrogen and oxygen atoms in total. The Morgan fingerprint density at radius 2 is 1.72 bits per heavy atom.